The second-order valence-corrected chi connectivity index (χ2v) is 9.91. The monoisotopic (exact) mass is 442 g/mol. The molecular formula is C19H27ClN4O4S. The zero-order chi connectivity index (χ0) is 21.0. The van der Waals surface area contributed by atoms with E-state index in [-0.39, 0.29) is 24.4 Å². The molecule has 0 bridgehead atoms. The average molecular weight is 443 g/mol. The van der Waals surface area contributed by atoms with Crippen molar-refractivity contribution in [3.05, 3.63) is 34.9 Å². The molecule has 0 atom stereocenters. The first-order chi connectivity index (χ1) is 13.7. The Morgan fingerprint density at radius 2 is 1.62 bits per heavy atom. The van der Waals surface area contributed by atoms with Gasteiger partial charge >= 0.3 is 6.03 Å². The van der Waals surface area contributed by atoms with E-state index >= 15 is 0 Å². The van der Waals surface area contributed by atoms with Gasteiger partial charge in [-0.3, -0.25) is 4.79 Å². The lowest BCUT2D eigenvalue weighted by atomic mass is 10.1. The topological polar surface area (TPSA) is 90.0 Å². The van der Waals surface area contributed by atoms with E-state index in [1.807, 2.05) is 18.2 Å². The Morgan fingerprint density at radius 3 is 2.21 bits per heavy atom. The minimum atomic E-state index is -3.17. The first kappa shape index (κ1) is 21.9. The van der Waals surface area contributed by atoms with Crippen molar-refractivity contribution in [1.29, 1.82) is 0 Å². The van der Waals surface area contributed by atoms with Gasteiger partial charge in [-0.25, -0.2) is 17.5 Å². The molecule has 2 aliphatic heterocycles. The van der Waals surface area contributed by atoms with E-state index in [0.29, 0.717) is 57.1 Å². The van der Waals surface area contributed by atoms with Gasteiger partial charge in [-0.1, -0.05) is 29.8 Å². The Hall–Kier alpha value is -1.84. The maximum Gasteiger partial charge on any atom is 0.317 e. The molecule has 2 fully saturated rings. The van der Waals surface area contributed by atoms with Gasteiger partial charge in [0.05, 0.1) is 12.7 Å². The molecular weight excluding hydrogens is 416 g/mol. The highest BCUT2D eigenvalue weighted by Gasteiger charge is 2.29. The van der Waals surface area contributed by atoms with Crippen LogP contribution in [-0.2, 0) is 21.2 Å². The van der Waals surface area contributed by atoms with Gasteiger partial charge in [0.2, 0.25) is 15.9 Å². The molecule has 3 amide bonds. The van der Waals surface area contributed by atoms with E-state index in [2.05, 4.69) is 5.32 Å². The van der Waals surface area contributed by atoms with Gasteiger partial charge in [-0.2, -0.15) is 0 Å². The van der Waals surface area contributed by atoms with Crippen LogP contribution in [0.5, 0.6) is 0 Å². The third-order valence-corrected chi connectivity index (χ3v) is 7.14. The third kappa shape index (κ3) is 5.83. The van der Waals surface area contributed by atoms with Crippen molar-refractivity contribution in [2.75, 3.05) is 45.5 Å². The Labute approximate surface area is 176 Å². The molecule has 0 spiro atoms. The van der Waals surface area contributed by atoms with Gasteiger partial charge in [0, 0.05) is 50.3 Å². The highest BCUT2D eigenvalue weighted by Crippen LogP contribution is 2.17. The molecule has 0 aromatic heterocycles. The van der Waals surface area contributed by atoms with E-state index < -0.39 is 10.0 Å². The van der Waals surface area contributed by atoms with Crippen LogP contribution in [0.25, 0.3) is 0 Å². The van der Waals surface area contributed by atoms with Gasteiger partial charge in [-0.05, 0) is 24.5 Å². The summed E-state index contributed by atoms with van der Waals surface area (Å²) in [6.45, 7) is 2.78. The average Bonchev–Trinajstić information content (AvgIpc) is 2.69. The molecule has 0 saturated carbocycles. The third-order valence-electron chi connectivity index (χ3n) is 5.47. The lowest BCUT2D eigenvalue weighted by Gasteiger charge is -2.37. The minimum absolute atomic E-state index is 0.00584. The first-order valence-electron chi connectivity index (χ1n) is 9.76. The zero-order valence-corrected chi connectivity index (χ0v) is 18.1. The number of carbonyl (C=O) groups excluding carboxylic acids is 2. The van der Waals surface area contributed by atoms with Crippen LogP contribution in [0.15, 0.2) is 24.3 Å². The number of carbonyl (C=O) groups is 2. The predicted molar refractivity (Wildman–Crippen MR) is 111 cm³/mol. The van der Waals surface area contributed by atoms with Crippen molar-refractivity contribution in [2.45, 2.75) is 25.3 Å². The van der Waals surface area contributed by atoms with E-state index in [9.17, 15) is 18.0 Å². The molecule has 0 radical (unpaired) electrons. The molecule has 10 heteroatoms. The van der Waals surface area contributed by atoms with Crippen LogP contribution in [0.3, 0.4) is 0 Å². The summed E-state index contributed by atoms with van der Waals surface area (Å²) in [5.74, 6) is 0.00584. The molecule has 3 rings (SSSR count). The lowest BCUT2D eigenvalue weighted by Crippen LogP contribution is -2.56. The summed E-state index contributed by atoms with van der Waals surface area (Å²) in [5, 5.41) is 3.58. The molecule has 29 heavy (non-hydrogen) atoms. The second-order valence-electron chi connectivity index (χ2n) is 7.52. The molecule has 0 aliphatic carbocycles. The SMILES string of the molecule is CS(=O)(=O)N1CCC(NC(=O)N2CCN(C(=O)Cc3ccccc3Cl)CC2)CC1. The molecule has 2 heterocycles. The number of nitrogens with zero attached hydrogens (tertiary/aromatic N) is 3. The molecule has 8 nitrogen and oxygen atoms in total. The van der Waals surface area contributed by atoms with E-state index in [4.69, 9.17) is 11.6 Å². The number of piperidine rings is 1. The maximum atomic E-state index is 12.5. The minimum Gasteiger partial charge on any atom is -0.339 e. The summed E-state index contributed by atoms with van der Waals surface area (Å²) in [6.07, 6.45) is 2.67. The van der Waals surface area contributed by atoms with Crippen molar-refractivity contribution in [3.63, 3.8) is 0 Å². The number of rotatable bonds is 4. The summed E-state index contributed by atoms with van der Waals surface area (Å²) in [4.78, 5) is 28.5. The number of piperazine rings is 1. The lowest BCUT2D eigenvalue weighted by molar-refractivity contribution is -0.131. The fourth-order valence-corrected chi connectivity index (χ4v) is 4.75. The van der Waals surface area contributed by atoms with Crippen molar-refractivity contribution < 1.29 is 18.0 Å². The standard InChI is InChI=1S/C19H27ClN4O4S/c1-29(27,28)24-8-6-16(7-9-24)21-19(26)23-12-10-22(11-13-23)18(25)14-15-4-2-3-5-17(15)20/h2-5,16H,6-14H2,1H3,(H,21,26). The highest BCUT2D eigenvalue weighted by molar-refractivity contribution is 7.88. The summed E-state index contributed by atoms with van der Waals surface area (Å²) in [6, 6.07) is 7.13. The second kappa shape index (κ2) is 9.32. The fraction of sp³-hybridized carbons (Fsp3) is 0.579. The van der Waals surface area contributed by atoms with Gasteiger partial charge in [0.15, 0.2) is 0 Å². The predicted octanol–water partition coefficient (Wildman–Crippen LogP) is 1.16. The Morgan fingerprint density at radius 1 is 1.03 bits per heavy atom. The van der Waals surface area contributed by atoms with Gasteiger partial charge in [0.25, 0.3) is 0 Å². The van der Waals surface area contributed by atoms with Gasteiger partial charge in [-0.15, -0.1) is 0 Å². The van der Waals surface area contributed by atoms with Crippen molar-refractivity contribution in [1.82, 2.24) is 19.4 Å². The summed E-state index contributed by atoms with van der Waals surface area (Å²) in [5.41, 5.74) is 0.805. The number of urea groups is 1. The van der Waals surface area contributed by atoms with Gasteiger partial charge in [0.1, 0.15) is 0 Å². The summed E-state index contributed by atoms with van der Waals surface area (Å²) >= 11 is 6.13. The number of hydrogen-bond acceptors (Lipinski definition) is 4. The number of nitrogens with one attached hydrogen (secondary N) is 1. The summed E-state index contributed by atoms with van der Waals surface area (Å²) in [7, 11) is -3.17. The molecule has 2 aliphatic rings. The highest BCUT2D eigenvalue weighted by atomic mass is 35.5. The van der Waals surface area contributed by atoms with Crippen molar-refractivity contribution >= 4 is 33.6 Å². The van der Waals surface area contributed by atoms with Crippen LogP contribution in [0.1, 0.15) is 18.4 Å². The Kier molecular flexibility index (Phi) is 7.02. The normalized spacial score (nSPS) is 19.2. The van der Waals surface area contributed by atoms with Crippen LogP contribution in [0.4, 0.5) is 4.79 Å². The van der Waals surface area contributed by atoms with E-state index in [0.717, 1.165) is 5.56 Å². The van der Waals surface area contributed by atoms with Crippen molar-refractivity contribution in [3.8, 4) is 0 Å². The van der Waals surface area contributed by atoms with E-state index in [1.54, 1.807) is 15.9 Å². The van der Waals surface area contributed by atoms with Crippen LogP contribution in [0.2, 0.25) is 5.02 Å². The van der Waals surface area contributed by atoms with Crippen molar-refractivity contribution in [2.24, 2.45) is 0 Å². The maximum absolute atomic E-state index is 12.5. The first-order valence-corrected chi connectivity index (χ1v) is 12.0. The van der Waals surface area contributed by atoms with Crippen LogP contribution < -0.4 is 5.32 Å². The molecule has 160 valence electrons. The van der Waals surface area contributed by atoms with Gasteiger partial charge < -0.3 is 15.1 Å². The smallest absolute Gasteiger partial charge is 0.317 e. The number of sulfonamides is 1. The molecule has 1 aromatic carbocycles. The molecule has 1 N–H and O–H groups in total. The Balaban J connectivity index is 1.43. The van der Waals surface area contributed by atoms with Crippen LogP contribution in [-0.4, -0.2) is 86.0 Å². The fourth-order valence-electron chi connectivity index (χ4n) is 3.67. The van der Waals surface area contributed by atoms with Crippen LogP contribution >= 0.6 is 11.6 Å². The molecule has 2 saturated heterocycles. The largest absolute Gasteiger partial charge is 0.339 e. The summed E-state index contributed by atoms with van der Waals surface area (Å²) < 4.78 is 24.6. The quantitative estimate of drug-likeness (QED) is 0.757. The zero-order valence-electron chi connectivity index (χ0n) is 16.5. The van der Waals surface area contributed by atoms with E-state index in [1.165, 1.54) is 10.6 Å². The number of hydrogen-bond donors (Lipinski definition) is 1. The number of benzene rings is 1. The Bertz CT molecular complexity index is 848. The number of halogens is 1. The number of amides is 3. The molecule has 0 unspecified atom stereocenters. The van der Waals surface area contributed by atoms with Crippen LogP contribution in [0, 0.1) is 0 Å². The molecule has 1 aromatic rings.